The molecule has 2 rings (SSSR count). The van der Waals surface area contributed by atoms with Crippen LogP contribution in [0, 0.1) is 0 Å². The molecule has 5 heteroatoms. The summed E-state index contributed by atoms with van der Waals surface area (Å²) in [7, 11) is 0. The molecule has 2 aromatic carbocycles. The highest BCUT2D eigenvalue weighted by molar-refractivity contribution is 5.77. The van der Waals surface area contributed by atoms with Gasteiger partial charge in [0.1, 0.15) is 0 Å². The van der Waals surface area contributed by atoms with Crippen LogP contribution in [0.2, 0.25) is 0 Å². The molecule has 0 heterocycles. The number of nitrogens with two attached hydrogens (primary N) is 2. The van der Waals surface area contributed by atoms with Gasteiger partial charge in [-0.05, 0) is 61.8 Å². The van der Waals surface area contributed by atoms with Crippen LogP contribution < -0.4 is 16.9 Å². The fraction of sp³-hybridized carbons (Fsp3) is 0.458. The second kappa shape index (κ2) is 13.9. The number of hydrogen-bond donors (Lipinski definition) is 3. The van der Waals surface area contributed by atoms with Crippen LogP contribution >= 0.6 is 0 Å². The molecule has 0 spiro atoms. The van der Waals surface area contributed by atoms with Crippen molar-refractivity contribution in [1.29, 1.82) is 0 Å². The van der Waals surface area contributed by atoms with E-state index in [0.29, 0.717) is 19.6 Å². The van der Waals surface area contributed by atoms with Crippen LogP contribution in [-0.4, -0.2) is 25.1 Å². The van der Waals surface area contributed by atoms with Crippen molar-refractivity contribution >= 4 is 5.91 Å². The number of carbonyl (C=O) groups is 1. The van der Waals surface area contributed by atoms with Gasteiger partial charge >= 0.3 is 0 Å². The van der Waals surface area contributed by atoms with E-state index in [0.717, 1.165) is 44.1 Å². The molecular weight excluding hydrogens is 362 g/mol. The van der Waals surface area contributed by atoms with Crippen molar-refractivity contribution in [1.82, 2.24) is 5.48 Å². The topological polar surface area (TPSA) is 90.4 Å². The summed E-state index contributed by atoms with van der Waals surface area (Å²) in [6.45, 7) is 0.995. The van der Waals surface area contributed by atoms with Crippen molar-refractivity contribution in [3.8, 4) is 0 Å². The minimum absolute atomic E-state index is 0.0805. The molecule has 1 atom stereocenters. The van der Waals surface area contributed by atoms with Gasteiger partial charge in [-0.1, -0.05) is 61.0 Å². The zero-order valence-electron chi connectivity index (χ0n) is 17.3. The Morgan fingerprint density at radius 3 is 2.14 bits per heavy atom. The molecule has 0 bridgehead atoms. The highest BCUT2D eigenvalue weighted by atomic mass is 16.7. The van der Waals surface area contributed by atoms with E-state index in [2.05, 4.69) is 47.9 Å². The zero-order chi connectivity index (χ0) is 20.7. The molecule has 0 radical (unpaired) electrons. The predicted molar refractivity (Wildman–Crippen MR) is 118 cm³/mol. The summed E-state index contributed by atoms with van der Waals surface area (Å²) in [5.74, 6) is -0.158. The fourth-order valence-corrected chi connectivity index (χ4v) is 3.21. The summed E-state index contributed by atoms with van der Waals surface area (Å²) in [6, 6.07) is 18.8. The number of rotatable bonds is 14. The van der Waals surface area contributed by atoms with E-state index in [1.165, 1.54) is 17.5 Å². The molecule has 0 unspecified atom stereocenters. The fourth-order valence-electron chi connectivity index (χ4n) is 3.21. The minimum atomic E-state index is -0.158. The number of aryl methyl sites for hydroxylation is 2. The molecule has 5 nitrogen and oxygen atoms in total. The Morgan fingerprint density at radius 2 is 1.48 bits per heavy atom. The summed E-state index contributed by atoms with van der Waals surface area (Å²) in [6.07, 6.45) is 7.61. The molecule has 5 N–H and O–H groups in total. The number of unbranched alkanes of at least 4 members (excludes halogenated alkanes) is 2. The van der Waals surface area contributed by atoms with E-state index in [1.807, 2.05) is 12.1 Å². The van der Waals surface area contributed by atoms with Crippen LogP contribution in [0.15, 0.2) is 54.6 Å². The second-order valence-corrected chi connectivity index (χ2v) is 7.57. The molecule has 0 saturated carbocycles. The van der Waals surface area contributed by atoms with Crippen molar-refractivity contribution in [3.05, 3.63) is 71.3 Å². The number of hydrogen-bond acceptors (Lipinski definition) is 4. The third kappa shape index (κ3) is 10.2. The molecule has 1 amide bonds. The Morgan fingerprint density at radius 1 is 0.862 bits per heavy atom. The van der Waals surface area contributed by atoms with Gasteiger partial charge in [-0.25, -0.2) is 5.48 Å². The molecule has 0 aliphatic rings. The SMILES string of the molecule is NCCCC[C@H](N)CONC(=O)Cc1ccc(CCCCc2ccccc2)cc1. The van der Waals surface area contributed by atoms with Gasteiger partial charge < -0.3 is 11.5 Å². The lowest BCUT2D eigenvalue weighted by molar-refractivity contribution is -0.133. The van der Waals surface area contributed by atoms with Crippen molar-refractivity contribution in [2.75, 3.05) is 13.2 Å². The first kappa shape index (κ1) is 23.1. The summed E-state index contributed by atoms with van der Waals surface area (Å²) < 4.78 is 0. The number of nitrogens with one attached hydrogen (secondary N) is 1. The van der Waals surface area contributed by atoms with Gasteiger partial charge in [0.05, 0.1) is 13.0 Å². The average molecular weight is 398 g/mol. The van der Waals surface area contributed by atoms with E-state index in [9.17, 15) is 4.79 Å². The first-order valence-electron chi connectivity index (χ1n) is 10.7. The Bertz CT molecular complexity index is 689. The van der Waals surface area contributed by atoms with E-state index in [4.69, 9.17) is 16.3 Å². The van der Waals surface area contributed by atoms with Crippen molar-refractivity contribution in [2.45, 2.75) is 57.4 Å². The largest absolute Gasteiger partial charge is 0.330 e. The number of carbonyl (C=O) groups excluding carboxylic acids is 1. The third-order valence-corrected chi connectivity index (χ3v) is 4.92. The summed E-state index contributed by atoms with van der Waals surface area (Å²) in [4.78, 5) is 17.2. The molecular formula is C24H35N3O2. The number of benzene rings is 2. The summed E-state index contributed by atoms with van der Waals surface area (Å²) in [5.41, 5.74) is 17.6. The Balaban J connectivity index is 1.59. The summed E-state index contributed by atoms with van der Waals surface area (Å²) in [5, 5.41) is 0. The molecule has 0 saturated heterocycles. The van der Waals surface area contributed by atoms with Crippen LogP contribution in [0.25, 0.3) is 0 Å². The average Bonchev–Trinajstić information content (AvgIpc) is 2.73. The van der Waals surface area contributed by atoms with Crippen LogP contribution in [0.5, 0.6) is 0 Å². The van der Waals surface area contributed by atoms with Crippen molar-refractivity contribution in [2.24, 2.45) is 11.5 Å². The Kier molecular flexibility index (Phi) is 11.0. The normalized spacial score (nSPS) is 11.9. The van der Waals surface area contributed by atoms with E-state index < -0.39 is 0 Å². The van der Waals surface area contributed by atoms with Crippen LogP contribution in [0.3, 0.4) is 0 Å². The standard InChI is InChI=1S/C24H35N3O2/c25-17-7-6-12-23(26)19-29-27-24(28)18-22-15-13-21(14-16-22)11-5-4-10-20-8-2-1-3-9-20/h1-3,8-9,13-16,23H,4-7,10-12,17-19,25-26H2,(H,27,28)/t23-/m0/s1. The van der Waals surface area contributed by atoms with Gasteiger partial charge in [0.25, 0.3) is 0 Å². The van der Waals surface area contributed by atoms with Crippen molar-refractivity contribution in [3.63, 3.8) is 0 Å². The predicted octanol–water partition coefficient (Wildman–Crippen LogP) is 3.30. The van der Waals surface area contributed by atoms with Crippen LogP contribution in [-0.2, 0) is 28.9 Å². The smallest absolute Gasteiger partial charge is 0.247 e. The van der Waals surface area contributed by atoms with E-state index >= 15 is 0 Å². The van der Waals surface area contributed by atoms with Crippen LogP contribution in [0.1, 0.15) is 48.8 Å². The third-order valence-electron chi connectivity index (χ3n) is 4.92. The van der Waals surface area contributed by atoms with Gasteiger partial charge in [0.15, 0.2) is 0 Å². The van der Waals surface area contributed by atoms with Crippen molar-refractivity contribution < 1.29 is 9.63 Å². The van der Waals surface area contributed by atoms with Gasteiger partial charge in [-0.2, -0.15) is 0 Å². The van der Waals surface area contributed by atoms with Crippen LogP contribution in [0.4, 0.5) is 0 Å². The molecule has 0 aliphatic heterocycles. The number of hydroxylamine groups is 1. The van der Waals surface area contributed by atoms with E-state index in [1.54, 1.807) is 0 Å². The first-order chi connectivity index (χ1) is 14.2. The molecule has 29 heavy (non-hydrogen) atoms. The lowest BCUT2D eigenvalue weighted by atomic mass is 10.0. The lowest BCUT2D eigenvalue weighted by Gasteiger charge is -2.12. The maximum Gasteiger partial charge on any atom is 0.247 e. The molecule has 0 aliphatic carbocycles. The molecule has 0 fully saturated rings. The minimum Gasteiger partial charge on any atom is -0.330 e. The first-order valence-corrected chi connectivity index (χ1v) is 10.7. The van der Waals surface area contributed by atoms with Gasteiger partial charge in [-0.3, -0.25) is 9.63 Å². The highest BCUT2D eigenvalue weighted by Gasteiger charge is 2.06. The van der Waals surface area contributed by atoms with E-state index in [-0.39, 0.29) is 11.9 Å². The Hall–Kier alpha value is -2.21. The maximum atomic E-state index is 12.0. The van der Waals surface area contributed by atoms with Gasteiger partial charge in [0, 0.05) is 6.04 Å². The molecule has 0 aromatic heterocycles. The lowest BCUT2D eigenvalue weighted by Crippen LogP contribution is -2.33. The molecule has 158 valence electrons. The Labute approximate surface area is 174 Å². The molecule has 2 aromatic rings. The monoisotopic (exact) mass is 397 g/mol. The zero-order valence-corrected chi connectivity index (χ0v) is 17.3. The quantitative estimate of drug-likeness (QED) is 0.337. The van der Waals surface area contributed by atoms with Gasteiger partial charge in [-0.15, -0.1) is 0 Å². The highest BCUT2D eigenvalue weighted by Crippen LogP contribution is 2.11. The second-order valence-electron chi connectivity index (χ2n) is 7.57. The maximum absolute atomic E-state index is 12.0. The number of amides is 1. The van der Waals surface area contributed by atoms with Gasteiger partial charge in [0.2, 0.25) is 5.91 Å². The summed E-state index contributed by atoms with van der Waals surface area (Å²) >= 11 is 0.